The third-order valence-electron chi connectivity index (χ3n) is 2.50. The van der Waals surface area contributed by atoms with E-state index in [1.807, 2.05) is 13.8 Å². The molecule has 0 aliphatic carbocycles. The number of furan rings is 1. The van der Waals surface area contributed by atoms with Crippen LogP contribution in [0.15, 0.2) is 10.5 Å². The minimum absolute atomic E-state index is 0.229. The molecule has 0 fully saturated rings. The summed E-state index contributed by atoms with van der Waals surface area (Å²) in [6.07, 6.45) is 3.43. The predicted octanol–water partition coefficient (Wildman–Crippen LogP) is 2.59. The number of aryl methyl sites for hydroxylation is 2. The number of hydrogen-bond donors (Lipinski definition) is 2. The van der Waals surface area contributed by atoms with E-state index in [9.17, 15) is 0 Å². The van der Waals surface area contributed by atoms with Crippen molar-refractivity contribution >= 4 is 0 Å². The third-order valence-corrected chi connectivity index (χ3v) is 2.50. The van der Waals surface area contributed by atoms with E-state index >= 15 is 0 Å². The molecule has 0 aromatic carbocycles. The molecule has 3 heteroatoms. The third kappa shape index (κ3) is 2.59. The van der Waals surface area contributed by atoms with Crippen LogP contribution in [-0.4, -0.2) is 0 Å². The Labute approximate surface area is 85.6 Å². The molecular formula is C11H20N2O. The fraction of sp³-hybridized carbons (Fsp3) is 0.636. The van der Waals surface area contributed by atoms with Crippen LogP contribution in [-0.2, 0) is 0 Å². The van der Waals surface area contributed by atoms with Crippen molar-refractivity contribution < 1.29 is 4.42 Å². The summed E-state index contributed by atoms with van der Waals surface area (Å²) in [6, 6.07) is 2.29. The van der Waals surface area contributed by atoms with Gasteiger partial charge >= 0.3 is 0 Å². The van der Waals surface area contributed by atoms with Gasteiger partial charge in [0.05, 0.1) is 0 Å². The highest BCUT2D eigenvalue weighted by atomic mass is 16.3. The van der Waals surface area contributed by atoms with Crippen molar-refractivity contribution in [1.82, 2.24) is 5.43 Å². The lowest BCUT2D eigenvalue weighted by Crippen LogP contribution is -2.28. The molecule has 1 aromatic heterocycles. The van der Waals surface area contributed by atoms with Gasteiger partial charge < -0.3 is 4.42 Å². The lowest BCUT2D eigenvalue weighted by atomic mass is 10.0. The molecule has 1 atom stereocenters. The number of hydrogen-bond acceptors (Lipinski definition) is 3. The van der Waals surface area contributed by atoms with E-state index in [1.165, 1.54) is 18.4 Å². The van der Waals surface area contributed by atoms with E-state index < -0.39 is 0 Å². The molecule has 1 aromatic rings. The molecule has 0 bridgehead atoms. The van der Waals surface area contributed by atoms with Gasteiger partial charge in [0.2, 0.25) is 0 Å². The molecule has 0 amide bonds. The summed E-state index contributed by atoms with van der Waals surface area (Å²) in [5, 5.41) is 0. The SMILES string of the molecule is CCCCC(NN)c1cc(C)oc1C. The molecule has 14 heavy (non-hydrogen) atoms. The van der Waals surface area contributed by atoms with Crippen LogP contribution in [0.1, 0.15) is 49.3 Å². The van der Waals surface area contributed by atoms with Crippen LogP contribution < -0.4 is 11.3 Å². The molecule has 0 saturated heterocycles. The Kier molecular flexibility index (Phi) is 4.17. The molecule has 1 unspecified atom stereocenters. The molecule has 80 valence electrons. The summed E-state index contributed by atoms with van der Waals surface area (Å²) in [5.74, 6) is 7.46. The Bertz CT molecular complexity index is 281. The van der Waals surface area contributed by atoms with Crippen LogP contribution >= 0.6 is 0 Å². The summed E-state index contributed by atoms with van der Waals surface area (Å²) in [5.41, 5.74) is 4.04. The molecular weight excluding hydrogens is 176 g/mol. The Balaban J connectivity index is 2.72. The van der Waals surface area contributed by atoms with Gasteiger partial charge in [-0.1, -0.05) is 19.8 Å². The normalized spacial score (nSPS) is 13.1. The Morgan fingerprint density at radius 2 is 2.21 bits per heavy atom. The molecule has 1 heterocycles. The van der Waals surface area contributed by atoms with Gasteiger partial charge in [-0.3, -0.25) is 11.3 Å². The highest BCUT2D eigenvalue weighted by Crippen LogP contribution is 2.24. The maximum absolute atomic E-state index is 5.53. The van der Waals surface area contributed by atoms with E-state index in [4.69, 9.17) is 10.3 Å². The number of rotatable bonds is 5. The number of unbranched alkanes of at least 4 members (excludes halogenated alkanes) is 1. The van der Waals surface area contributed by atoms with E-state index in [1.54, 1.807) is 0 Å². The van der Waals surface area contributed by atoms with Crippen molar-refractivity contribution in [2.75, 3.05) is 0 Å². The summed E-state index contributed by atoms with van der Waals surface area (Å²) in [6.45, 7) is 6.13. The van der Waals surface area contributed by atoms with Crippen molar-refractivity contribution in [3.63, 3.8) is 0 Å². The minimum Gasteiger partial charge on any atom is -0.466 e. The number of nitrogens with two attached hydrogens (primary N) is 1. The second-order valence-electron chi connectivity index (χ2n) is 3.73. The first-order valence-electron chi connectivity index (χ1n) is 5.22. The number of hydrazine groups is 1. The van der Waals surface area contributed by atoms with Crippen molar-refractivity contribution in [1.29, 1.82) is 0 Å². The van der Waals surface area contributed by atoms with Crippen molar-refractivity contribution in [3.05, 3.63) is 23.2 Å². The zero-order chi connectivity index (χ0) is 10.6. The maximum atomic E-state index is 5.53. The lowest BCUT2D eigenvalue weighted by molar-refractivity contribution is 0.465. The van der Waals surface area contributed by atoms with E-state index in [-0.39, 0.29) is 6.04 Å². The Morgan fingerprint density at radius 1 is 1.50 bits per heavy atom. The van der Waals surface area contributed by atoms with E-state index in [0.717, 1.165) is 17.9 Å². The molecule has 1 rings (SSSR count). The quantitative estimate of drug-likeness (QED) is 0.562. The van der Waals surface area contributed by atoms with Crippen molar-refractivity contribution in [2.45, 2.75) is 46.1 Å². The molecule has 3 nitrogen and oxygen atoms in total. The fourth-order valence-corrected chi connectivity index (χ4v) is 1.73. The van der Waals surface area contributed by atoms with Crippen LogP contribution in [0, 0.1) is 13.8 Å². The monoisotopic (exact) mass is 196 g/mol. The highest BCUT2D eigenvalue weighted by molar-refractivity contribution is 5.23. The predicted molar refractivity (Wildman–Crippen MR) is 57.8 cm³/mol. The second-order valence-corrected chi connectivity index (χ2v) is 3.73. The van der Waals surface area contributed by atoms with E-state index in [0.29, 0.717) is 0 Å². The Hall–Kier alpha value is -0.800. The molecule has 0 radical (unpaired) electrons. The van der Waals surface area contributed by atoms with Crippen LogP contribution in [0.4, 0.5) is 0 Å². The van der Waals surface area contributed by atoms with Gasteiger partial charge in [-0.05, 0) is 26.3 Å². The van der Waals surface area contributed by atoms with Gasteiger partial charge in [-0.15, -0.1) is 0 Å². The first-order chi connectivity index (χ1) is 6.69. The van der Waals surface area contributed by atoms with Crippen LogP contribution in [0.3, 0.4) is 0 Å². The topological polar surface area (TPSA) is 51.2 Å². The maximum Gasteiger partial charge on any atom is 0.105 e. The van der Waals surface area contributed by atoms with Crippen LogP contribution in [0.5, 0.6) is 0 Å². The first kappa shape index (κ1) is 11.3. The average Bonchev–Trinajstić information content (AvgIpc) is 2.47. The van der Waals surface area contributed by atoms with Crippen LogP contribution in [0.25, 0.3) is 0 Å². The van der Waals surface area contributed by atoms with E-state index in [2.05, 4.69) is 18.4 Å². The van der Waals surface area contributed by atoms with Gasteiger partial charge in [0.25, 0.3) is 0 Å². The van der Waals surface area contributed by atoms with Gasteiger partial charge in [-0.2, -0.15) is 0 Å². The molecule has 0 aliphatic heterocycles. The first-order valence-corrected chi connectivity index (χ1v) is 5.22. The van der Waals surface area contributed by atoms with Gasteiger partial charge in [-0.25, -0.2) is 0 Å². The Morgan fingerprint density at radius 3 is 2.64 bits per heavy atom. The summed E-state index contributed by atoms with van der Waals surface area (Å²) < 4.78 is 5.48. The summed E-state index contributed by atoms with van der Waals surface area (Å²) in [4.78, 5) is 0. The minimum atomic E-state index is 0.229. The fourth-order valence-electron chi connectivity index (χ4n) is 1.73. The zero-order valence-corrected chi connectivity index (χ0v) is 9.26. The molecule has 0 spiro atoms. The van der Waals surface area contributed by atoms with Crippen molar-refractivity contribution in [3.8, 4) is 0 Å². The largest absolute Gasteiger partial charge is 0.466 e. The smallest absolute Gasteiger partial charge is 0.105 e. The highest BCUT2D eigenvalue weighted by Gasteiger charge is 2.14. The second kappa shape index (κ2) is 5.17. The van der Waals surface area contributed by atoms with Gasteiger partial charge in [0.1, 0.15) is 11.5 Å². The average molecular weight is 196 g/mol. The molecule has 0 saturated carbocycles. The zero-order valence-electron chi connectivity index (χ0n) is 9.26. The van der Waals surface area contributed by atoms with Crippen LogP contribution in [0.2, 0.25) is 0 Å². The molecule has 3 N–H and O–H groups in total. The van der Waals surface area contributed by atoms with Gasteiger partial charge in [0, 0.05) is 11.6 Å². The van der Waals surface area contributed by atoms with Gasteiger partial charge in [0.15, 0.2) is 0 Å². The standard InChI is InChI=1S/C11H20N2O/c1-4-5-6-11(13-12)10-7-8(2)14-9(10)3/h7,11,13H,4-6,12H2,1-3H3. The molecule has 0 aliphatic rings. The van der Waals surface area contributed by atoms with Crippen molar-refractivity contribution in [2.24, 2.45) is 5.84 Å². The number of nitrogens with one attached hydrogen (secondary N) is 1. The lowest BCUT2D eigenvalue weighted by Gasteiger charge is -2.14. The summed E-state index contributed by atoms with van der Waals surface area (Å²) in [7, 11) is 0. The summed E-state index contributed by atoms with van der Waals surface area (Å²) >= 11 is 0.